The van der Waals surface area contributed by atoms with Gasteiger partial charge in [0, 0.05) is 6.54 Å². The van der Waals surface area contributed by atoms with Crippen LogP contribution >= 0.6 is 0 Å². The molecule has 0 aliphatic rings. The molecular weight excluding hydrogens is 200 g/mol. The first-order chi connectivity index (χ1) is 6.93. The maximum Gasteiger partial charge on any atom is 0.325 e. The van der Waals surface area contributed by atoms with Crippen LogP contribution in [-0.2, 0) is 9.53 Å². The van der Waals surface area contributed by atoms with E-state index in [9.17, 15) is 4.79 Å². The molecule has 0 aromatic carbocycles. The molecule has 88 valence electrons. The lowest BCUT2D eigenvalue weighted by Crippen LogP contribution is -2.34. The molecule has 0 rings (SSSR count). The quantitative estimate of drug-likeness (QED) is 0.137. The number of nitrogens with zero attached hydrogens (tertiary/aromatic N) is 1. The van der Waals surface area contributed by atoms with Gasteiger partial charge in [-0.25, -0.2) is 0 Å². The first kappa shape index (κ1) is 13.7. The van der Waals surface area contributed by atoms with Crippen LogP contribution in [0, 0.1) is 0 Å². The van der Waals surface area contributed by atoms with Crippen molar-refractivity contribution in [1.82, 2.24) is 0 Å². The third-order valence-corrected chi connectivity index (χ3v) is 1.56. The molecule has 7 heteroatoms. The van der Waals surface area contributed by atoms with Crippen LogP contribution in [0.2, 0.25) is 0 Å². The summed E-state index contributed by atoms with van der Waals surface area (Å²) in [5, 5.41) is 8.76. The maximum absolute atomic E-state index is 11.1. The van der Waals surface area contributed by atoms with E-state index >= 15 is 0 Å². The van der Waals surface area contributed by atoms with Crippen molar-refractivity contribution in [2.75, 3.05) is 6.54 Å². The second kappa shape index (κ2) is 7.02. The van der Waals surface area contributed by atoms with Gasteiger partial charge in [-0.2, -0.15) is 0 Å². The smallest absolute Gasteiger partial charge is 0.325 e. The monoisotopic (exact) mass is 218 g/mol. The van der Waals surface area contributed by atoms with Gasteiger partial charge in [0.1, 0.15) is 6.04 Å². The van der Waals surface area contributed by atoms with Gasteiger partial charge in [0.25, 0.3) is 0 Å². The summed E-state index contributed by atoms with van der Waals surface area (Å²) in [7, 11) is 0. The minimum atomic E-state index is -1.14. The lowest BCUT2D eigenvalue weighted by Gasteiger charge is -2.12. The second-order valence-corrected chi connectivity index (χ2v) is 3.09. The Balaban J connectivity index is 3.69. The molecule has 0 aromatic rings. The molecule has 0 aromatic heterocycles. The van der Waals surface area contributed by atoms with Crippen LogP contribution < -0.4 is 17.2 Å². The van der Waals surface area contributed by atoms with Crippen LogP contribution in [0.4, 0.5) is 0 Å². The zero-order chi connectivity index (χ0) is 11.8. The number of nitrogens with two attached hydrogens (primary N) is 3. The number of guanidine groups is 1. The standard InChI is InChI=1S/C8H18N4O3/c1-5(13)15-7(14)6(9)3-2-4-12-8(10)11/h5-6,13H,2-4,9H2,1H3,(H4,10,11,12). The summed E-state index contributed by atoms with van der Waals surface area (Å²) in [6.07, 6.45) is -0.155. The first-order valence-electron chi connectivity index (χ1n) is 4.63. The van der Waals surface area contributed by atoms with Crippen molar-refractivity contribution in [2.45, 2.75) is 32.1 Å². The molecule has 0 spiro atoms. The largest absolute Gasteiger partial charge is 0.435 e. The molecule has 0 saturated carbocycles. The Kier molecular flexibility index (Phi) is 6.39. The van der Waals surface area contributed by atoms with Crippen molar-refractivity contribution < 1.29 is 14.6 Å². The van der Waals surface area contributed by atoms with Crippen LogP contribution in [0.1, 0.15) is 19.8 Å². The molecule has 7 N–H and O–H groups in total. The lowest BCUT2D eigenvalue weighted by molar-refractivity contribution is -0.166. The third kappa shape index (κ3) is 7.71. The van der Waals surface area contributed by atoms with Crippen LogP contribution in [0.3, 0.4) is 0 Å². The van der Waals surface area contributed by atoms with E-state index in [0.29, 0.717) is 19.4 Å². The average Bonchev–Trinajstić information content (AvgIpc) is 2.10. The van der Waals surface area contributed by atoms with Gasteiger partial charge >= 0.3 is 5.97 Å². The first-order valence-corrected chi connectivity index (χ1v) is 4.63. The fourth-order valence-electron chi connectivity index (χ4n) is 0.893. The Morgan fingerprint density at radius 2 is 2.13 bits per heavy atom. The van der Waals surface area contributed by atoms with Gasteiger partial charge in [-0.1, -0.05) is 0 Å². The number of rotatable bonds is 6. The predicted octanol–water partition coefficient (Wildman–Crippen LogP) is -1.75. The van der Waals surface area contributed by atoms with Crippen LogP contribution in [0.25, 0.3) is 0 Å². The van der Waals surface area contributed by atoms with Crippen molar-refractivity contribution >= 4 is 11.9 Å². The number of aliphatic imine (C=N–C) groups is 1. The SMILES string of the molecule is CC(O)OC(=O)C(N)CCCN=C(N)N. The molecule has 2 atom stereocenters. The van der Waals surface area contributed by atoms with Crippen LogP contribution in [0.5, 0.6) is 0 Å². The summed E-state index contributed by atoms with van der Waals surface area (Å²) in [5.41, 5.74) is 15.7. The van der Waals surface area contributed by atoms with E-state index in [-0.39, 0.29) is 5.96 Å². The minimum absolute atomic E-state index is 0.00938. The average molecular weight is 218 g/mol. The molecule has 0 aliphatic heterocycles. The topological polar surface area (TPSA) is 137 Å². The lowest BCUT2D eigenvalue weighted by atomic mass is 10.2. The summed E-state index contributed by atoms with van der Waals surface area (Å²) < 4.78 is 4.50. The molecule has 0 saturated heterocycles. The molecule has 2 unspecified atom stereocenters. The van der Waals surface area contributed by atoms with Crippen molar-refractivity contribution in [3.63, 3.8) is 0 Å². The van der Waals surface area contributed by atoms with Crippen molar-refractivity contribution in [3.8, 4) is 0 Å². The number of hydrogen-bond acceptors (Lipinski definition) is 5. The van der Waals surface area contributed by atoms with Crippen molar-refractivity contribution in [2.24, 2.45) is 22.2 Å². The Hall–Kier alpha value is -1.34. The van der Waals surface area contributed by atoms with E-state index in [1.807, 2.05) is 0 Å². The summed E-state index contributed by atoms with van der Waals surface area (Å²) in [5.74, 6) is -0.621. The molecule has 7 nitrogen and oxygen atoms in total. The maximum atomic E-state index is 11.1. The Labute approximate surface area is 88.3 Å². The Morgan fingerprint density at radius 1 is 1.53 bits per heavy atom. The Morgan fingerprint density at radius 3 is 2.60 bits per heavy atom. The number of hydrogen-bond donors (Lipinski definition) is 4. The van der Waals surface area contributed by atoms with E-state index in [2.05, 4.69) is 9.73 Å². The molecule has 15 heavy (non-hydrogen) atoms. The third-order valence-electron chi connectivity index (χ3n) is 1.56. The highest BCUT2D eigenvalue weighted by molar-refractivity contribution is 5.76. The number of carbonyl (C=O) groups is 1. The summed E-state index contributed by atoms with van der Waals surface area (Å²) in [4.78, 5) is 14.8. The molecule has 0 heterocycles. The van der Waals surface area contributed by atoms with Crippen molar-refractivity contribution in [3.05, 3.63) is 0 Å². The van der Waals surface area contributed by atoms with Gasteiger partial charge < -0.3 is 27.0 Å². The molecule has 0 fully saturated rings. The Bertz CT molecular complexity index is 226. The highest BCUT2D eigenvalue weighted by atomic mass is 16.6. The second-order valence-electron chi connectivity index (χ2n) is 3.09. The molecular formula is C8H18N4O3. The fraction of sp³-hybridized carbons (Fsp3) is 0.750. The number of aliphatic hydroxyl groups is 1. The normalized spacial score (nSPS) is 14.1. The predicted molar refractivity (Wildman–Crippen MR) is 55.7 cm³/mol. The van der Waals surface area contributed by atoms with E-state index in [1.165, 1.54) is 6.92 Å². The van der Waals surface area contributed by atoms with Gasteiger partial charge in [0.05, 0.1) is 0 Å². The van der Waals surface area contributed by atoms with E-state index in [0.717, 1.165) is 0 Å². The van der Waals surface area contributed by atoms with Gasteiger partial charge in [0.15, 0.2) is 12.2 Å². The summed E-state index contributed by atoms with van der Waals surface area (Å²) in [6, 6.07) is -0.756. The van der Waals surface area contributed by atoms with E-state index < -0.39 is 18.3 Å². The number of esters is 1. The molecule has 0 bridgehead atoms. The minimum Gasteiger partial charge on any atom is -0.435 e. The number of ether oxygens (including phenoxy) is 1. The van der Waals surface area contributed by atoms with Gasteiger partial charge in [-0.3, -0.25) is 9.79 Å². The highest BCUT2D eigenvalue weighted by Gasteiger charge is 2.15. The summed E-state index contributed by atoms with van der Waals surface area (Å²) in [6.45, 7) is 1.75. The number of carbonyl (C=O) groups excluding carboxylic acids is 1. The highest BCUT2D eigenvalue weighted by Crippen LogP contribution is 1.99. The van der Waals surface area contributed by atoms with E-state index in [1.54, 1.807) is 0 Å². The molecule has 0 amide bonds. The van der Waals surface area contributed by atoms with Crippen molar-refractivity contribution in [1.29, 1.82) is 0 Å². The van der Waals surface area contributed by atoms with Gasteiger partial charge in [-0.15, -0.1) is 0 Å². The molecule has 0 aliphatic carbocycles. The fourth-order valence-corrected chi connectivity index (χ4v) is 0.893. The molecule has 0 radical (unpaired) electrons. The zero-order valence-corrected chi connectivity index (χ0v) is 8.72. The van der Waals surface area contributed by atoms with Crippen LogP contribution in [0.15, 0.2) is 4.99 Å². The van der Waals surface area contributed by atoms with Gasteiger partial charge in [-0.05, 0) is 19.8 Å². The zero-order valence-electron chi connectivity index (χ0n) is 8.72. The summed E-state index contributed by atoms with van der Waals surface area (Å²) >= 11 is 0. The number of aliphatic hydroxyl groups excluding tert-OH is 1. The van der Waals surface area contributed by atoms with Gasteiger partial charge in [0.2, 0.25) is 0 Å². The van der Waals surface area contributed by atoms with Crippen LogP contribution in [-0.4, -0.2) is 35.9 Å². The van der Waals surface area contributed by atoms with E-state index in [4.69, 9.17) is 22.3 Å².